The molecule has 0 radical (unpaired) electrons. The van der Waals surface area contributed by atoms with E-state index in [1.807, 2.05) is 36.4 Å². The lowest BCUT2D eigenvalue weighted by Gasteiger charge is -2.27. The van der Waals surface area contributed by atoms with Crippen molar-refractivity contribution in [2.24, 2.45) is 0 Å². The topological polar surface area (TPSA) is 80.9 Å². The number of pyridine rings is 1. The predicted octanol–water partition coefficient (Wildman–Crippen LogP) is 3.21. The minimum Gasteiger partial charge on any atom is -0.497 e. The van der Waals surface area contributed by atoms with Crippen molar-refractivity contribution >= 4 is 16.9 Å². The van der Waals surface area contributed by atoms with Gasteiger partial charge in [0.25, 0.3) is 0 Å². The number of methoxy groups -OCH3 is 1. The second-order valence-electron chi connectivity index (χ2n) is 7.43. The molecule has 4 rings (SSSR count). The molecule has 0 saturated carbocycles. The molecule has 7 heteroatoms. The minimum atomic E-state index is -0.614. The molecule has 0 aliphatic carbocycles. The summed E-state index contributed by atoms with van der Waals surface area (Å²) in [7, 11) is 1.64. The Hall–Kier alpha value is -3.16. The molecule has 0 bridgehead atoms. The number of aromatic nitrogens is 1. The Kier molecular flexibility index (Phi) is 6.34. The van der Waals surface area contributed by atoms with E-state index < -0.39 is 5.97 Å². The van der Waals surface area contributed by atoms with E-state index in [4.69, 9.17) is 14.2 Å². The summed E-state index contributed by atoms with van der Waals surface area (Å²) in [4.78, 5) is 30.7. The molecule has 7 nitrogen and oxygen atoms in total. The minimum absolute atomic E-state index is 0.0146. The first-order valence-corrected chi connectivity index (χ1v) is 10.4. The summed E-state index contributed by atoms with van der Waals surface area (Å²) in [6, 6.07) is 11.7. The molecule has 1 fully saturated rings. The molecule has 1 saturated heterocycles. The highest BCUT2D eigenvalue weighted by molar-refractivity contribution is 5.95. The van der Waals surface area contributed by atoms with Gasteiger partial charge in [-0.2, -0.15) is 0 Å². The van der Waals surface area contributed by atoms with Crippen molar-refractivity contribution in [3.05, 3.63) is 63.9 Å². The van der Waals surface area contributed by atoms with Gasteiger partial charge in [0.05, 0.1) is 26.9 Å². The molecule has 0 unspecified atom stereocenters. The average Bonchev–Trinajstić information content (AvgIpc) is 2.80. The monoisotopic (exact) mass is 422 g/mol. The molecule has 2 aromatic carbocycles. The largest absolute Gasteiger partial charge is 0.497 e. The van der Waals surface area contributed by atoms with Gasteiger partial charge in [0, 0.05) is 36.7 Å². The van der Waals surface area contributed by atoms with Crippen LogP contribution < -0.4 is 10.2 Å². The summed E-state index contributed by atoms with van der Waals surface area (Å²) in [5.41, 5.74) is 3.38. The lowest BCUT2D eigenvalue weighted by molar-refractivity contribution is 0.0342. The quantitative estimate of drug-likeness (QED) is 0.615. The fraction of sp³-hybridized carbons (Fsp3) is 0.333. The number of hydrogen-bond acceptors (Lipinski definition) is 6. The van der Waals surface area contributed by atoms with E-state index in [9.17, 15) is 9.59 Å². The zero-order valence-corrected chi connectivity index (χ0v) is 17.8. The highest BCUT2D eigenvalue weighted by atomic mass is 16.5. The van der Waals surface area contributed by atoms with Gasteiger partial charge in [0.2, 0.25) is 5.43 Å². The standard InChI is InChI=1S/C24H26N2O5/c1-3-31-24(28)21-14-25-22-13-19(16-5-4-6-18(11-16)29-2)17(12-20(22)23(21)27)15-26-7-9-30-10-8-26/h4-6,11-14H,3,7-10,15H2,1-2H3,(H,25,27). The second-order valence-corrected chi connectivity index (χ2v) is 7.43. The number of carbonyl (C=O) groups is 1. The first kappa shape index (κ1) is 21.1. The lowest BCUT2D eigenvalue weighted by Crippen LogP contribution is -2.35. The summed E-state index contributed by atoms with van der Waals surface area (Å²) in [5.74, 6) is 0.151. The fourth-order valence-corrected chi connectivity index (χ4v) is 3.86. The van der Waals surface area contributed by atoms with E-state index >= 15 is 0 Å². The average molecular weight is 422 g/mol. The molecule has 162 valence electrons. The number of carbonyl (C=O) groups excluding carboxylic acids is 1. The normalized spacial score (nSPS) is 14.5. The third-order valence-electron chi connectivity index (χ3n) is 5.48. The Morgan fingerprint density at radius 1 is 1.19 bits per heavy atom. The number of hydrogen-bond donors (Lipinski definition) is 1. The molecule has 1 aliphatic heterocycles. The Bertz CT molecular complexity index is 1150. The molecule has 2 heterocycles. The SMILES string of the molecule is CCOC(=O)c1c[nH]c2cc(-c3cccc(OC)c3)c(CN3CCOCC3)cc2c1=O. The van der Waals surface area contributed by atoms with Gasteiger partial charge in [-0.3, -0.25) is 9.69 Å². The van der Waals surface area contributed by atoms with Gasteiger partial charge in [-0.1, -0.05) is 12.1 Å². The smallest absolute Gasteiger partial charge is 0.343 e. The van der Waals surface area contributed by atoms with E-state index in [1.165, 1.54) is 6.20 Å². The van der Waals surface area contributed by atoms with Crippen molar-refractivity contribution in [3.63, 3.8) is 0 Å². The van der Waals surface area contributed by atoms with Crippen molar-refractivity contribution in [1.29, 1.82) is 0 Å². The van der Waals surface area contributed by atoms with E-state index in [0.717, 1.165) is 35.5 Å². The van der Waals surface area contributed by atoms with Crippen molar-refractivity contribution in [2.75, 3.05) is 40.0 Å². The van der Waals surface area contributed by atoms with Crippen LogP contribution in [0.5, 0.6) is 5.75 Å². The molecule has 31 heavy (non-hydrogen) atoms. The van der Waals surface area contributed by atoms with Crippen LogP contribution in [0.2, 0.25) is 0 Å². The first-order valence-electron chi connectivity index (χ1n) is 10.4. The molecular weight excluding hydrogens is 396 g/mol. The van der Waals surface area contributed by atoms with Gasteiger partial charge in [-0.25, -0.2) is 4.79 Å². The number of nitrogens with zero attached hydrogens (tertiary/aromatic N) is 1. The number of morpholine rings is 1. The molecular formula is C24H26N2O5. The van der Waals surface area contributed by atoms with E-state index in [0.29, 0.717) is 30.7 Å². The maximum atomic E-state index is 13.1. The van der Waals surface area contributed by atoms with Crippen LogP contribution in [0.1, 0.15) is 22.8 Å². The molecule has 0 amide bonds. The Morgan fingerprint density at radius 2 is 2.00 bits per heavy atom. The summed E-state index contributed by atoms with van der Waals surface area (Å²) < 4.78 is 15.9. The zero-order chi connectivity index (χ0) is 21.8. The number of aromatic amines is 1. The van der Waals surface area contributed by atoms with Crippen LogP contribution in [0.3, 0.4) is 0 Å². The van der Waals surface area contributed by atoms with Crippen LogP contribution in [-0.4, -0.2) is 55.9 Å². The fourth-order valence-electron chi connectivity index (χ4n) is 3.86. The maximum Gasteiger partial charge on any atom is 0.343 e. The van der Waals surface area contributed by atoms with Crippen molar-refractivity contribution in [1.82, 2.24) is 9.88 Å². The van der Waals surface area contributed by atoms with E-state index in [2.05, 4.69) is 9.88 Å². The number of nitrogens with one attached hydrogen (secondary N) is 1. The molecule has 1 aliphatic rings. The van der Waals surface area contributed by atoms with Crippen molar-refractivity contribution < 1.29 is 19.0 Å². The van der Waals surface area contributed by atoms with E-state index in [1.54, 1.807) is 14.0 Å². The molecule has 0 atom stereocenters. The molecule has 3 aromatic rings. The number of benzene rings is 2. The Labute approximate surface area is 180 Å². The van der Waals surface area contributed by atoms with Crippen molar-refractivity contribution in [2.45, 2.75) is 13.5 Å². The van der Waals surface area contributed by atoms with E-state index in [-0.39, 0.29) is 17.6 Å². The van der Waals surface area contributed by atoms with Crippen LogP contribution >= 0.6 is 0 Å². The molecule has 1 aromatic heterocycles. The van der Waals surface area contributed by atoms with Gasteiger partial charge in [-0.05, 0) is 47.9 Å². The summed E-state index contributed by atoms with van der Waals surface area (Å²) >= 11 is 0. The predicted molar refractivity (Wildman–Crippen MR) is 119 cm³/mol. The highest BCUT2D eigenvalue weighted by Gasteiger charge is 2.19. The van der Waals surface area contributed by atoms with Gasteiger partial charge >= 0.3 is 5.97 Å². The Morgan fingerprint density at radius 3 is 2.74 bits per heavy atom. The van der Waals surface area contributed by atoms with Gasteiger partial charge < -0.3 is 19.2 Å². The van der Waals surface area contributed by atoms with Crippen molar-refractivity contribution in [3.8, 4) is 16.9 Å². The lowest BCUT2D eigenvalue weighted by atomic mass is 9.96. The molecule has 0 spiro atoms. The van der Waals surface area contributed by atoms with Crippen LogP contribution in [-0.2, 0) is 16.0 Å². The number of fused-ring (bicyclic) bond motifs is 1. The highest BCUT2D eigenvalue weighted by Crippen LogP contribution is 2.31. The summed E-state index contributed by atoms with van der Waals surface area (Å²) in [5, 5.41) is 0.473. The number of esters is 1. The van der Waals surface area contributed by atoms with Gasteiger partial charge in [-0.15, -0.1) is 0 Å². The number of ether oxygens (including phenoxy) is 3. The Balaban J connectivity index is 1.86. The number of H-pyrrole nitrogens is 1. The zero-order valence-electron chi connectivity index (χ0n) is 17.8. The van der Waals surface area contributed by atoms with Crippen LogP contribution in [0.15, 0.2) is 47.4 Å². The second kappa shape index (κ2) is 9.32. The van der Waals surface area contributed by atoms with Crippen LogP contribution in [0.25, 0.3) is 22.0 Å². The first-order chi connectivity index (χ1) is 15.1. The third kappa shape index (κ3) is 4.47. The van der Waals surface area contributed by atoms with Gasteiger partial charge in [0.15, 0.2) is 0 Å². The summed E-state index contributed by atoms with van der Waals surface area (Å²) in [6.45, 7) is 5.64. The van der Waals surface area contributed by atoms with Crippen LogP contribution in [0.4, 0.5) is 0 Å². The maximum absolute atomic E-state index is 13.1. The third-order valence-corrected chi connectivity index (χ3v) is 5.48. The molecule has 1 N–H and O–H groups in total. The summed E-state index contributed by atoms with van der Waals surface area (Å²) in [6.07, 6.45) is 1.43. The van der Waals surface area contributed by atoms with Crippen LogP contribution in [0, 0.1) is 0 Å². The number of rotatable bonds is 6. The van der Waals surface area contributed by atoms with Gasteiger partial charge in [0.1, 0.15) is 11.3 Å².